The van der Waals surface area contributed by atoms with Gasteiger partial charge < -0.3 is 15.4 Å². The first-order chi connectivity index (χ1) is 15.6. The van der Waals surface area contributed by atoms with Crippen molar-refractivity contribution in [1.29, 1.82) is 0 Å². The highest BCUT2D eigenvalue weighted by atomic mass is 19.4. The fraction of sp³-hybridized carbons (Fsp3) is 0.381. The maximum Gasteiger partial charge on any atom is 0.453 e. The van der Waals surface area contributed by atoms with Gasteiger partial charge in [-0.3, -0.25) is 9.59 Å². The van der Waals surface area contributed by atoms with Gasteiger partial charge in [-0.25, -0.2) is 9.50 Å². The number of nitrogens with zero attached hydrogens (tertiary/aromatic N) is 4. The molecule has 0 saturated carbocycles. The number of rotatable bonds is 8. The first-order valence-electron chi connectivity index (χ1n) is 10.1. The molecule has 0 unspecified atom stereocenters. The second-order valence-electron chi connectivity index (χ2n) is 7.24. The number of ether oxygens (including phenoxy) is 1. The zero-order valence-electron chi connectivity index (χ0n) is 18.3. The summed E-state index contributed by atoms with van der Waals surface area (Å²) < 4.78 is 44.7. The Bertz CT molecular complexity index is 1160. The van der Waals surface area contributed by atoms with Crippen molar-refractivity contribution >= 4 is 17.6 Å². The molecule has 9 nitrogen and oxygen atoms in total. The molecule has 0 atom stereocenters. The molecular formula is C21H23F3N6O3. The SMILES string of the molecule is COc1ccc(C(=O)NCCNC(=O)CCc2c(C)nc3nc(C(F)(F)F)nn3c2C)cc1. The number of hydrogen-bond acceptors (Lipinski definition) is 6. The summed E-state index contributed by atoms with van der Waals surface area (Å²) in [5.41, 5.74) is 2.03. The molecule has 0 radical (unpaired) electrons. The van der Waals surface area contributed by atoms with E-state index in [9.17, 15) is 22.8 Å². The molecule has 2 heterocycles. The maximum absolute atomic E-state index is 12.9. The number of halogens is 3. The van der Waals surface area contributed by atoms with Crippen molar-refractivity contribution in [3.63, 3.8) is 0 Å². The number of benzene rings is 1. The first-order valence-corrected chi connectivity index (χ1v) is 10.1. The Morgan fingerprint density at radius 1 is 1.06 bits per heavy atom. The maximum atomic E-state index is 12.9. The van der Waals surface area contributed by atoms with Crippen LogP contribution < -0.4 is 15.4 Å². The van der Waals surface area contributed by atoms with Gasteiger partial charge >= 0.3 is 6.18 Å². The van der Waals surface area contributed by atoms with E-state index in [2.05, 4.69) is 25.7 Å². The van der Waals surface area contributed by atoms with E-state index in [1.165, 1.54) is 7.11 Å². The third kappa shape index (κ3) is 5.76. The highest BCUT2D eigenvalue weighted by Gasteiger charge is 2.36. The Kier molecular flexibility index (Phi) is 7.14. The molecule has 1 aromatic carbocycles. The van der Waals surface area contributed by atoms with Gasteiger partial charge in [0.15, 0.2) is 0 Å². The molecule has 176 valence electrons. The van der Waals surface area contributed by atoms with Crippen LogP contribution in [0, 0.1) is 13.8 Å². The highest BCUT2D eigenvalue weighted by Crippen LogP contribution is 2.27. The lowest BCUT2D eigenvalue weighted by Gasteiger charge is -2.11. The van der Waals surface area contributed by atoms with Crippen LogP contribution in [0.4, 0.5) is 13.2 Å². The predicted molar refractivity (Wildman–Crippen MR) is 112 cm³/mol. The molecule has 3 aromatic rings. The molecule has 2 N–H and O–H groups in total. The minimum atomic E-state index is -4.67. The van der Waals surface area contributed by atoms with Gasteiger partial charge in [0, 0.05) is 36.5 Å². The van der Waals surface area contributed by atoms with E-state index in [1.54, 1.807) is 38.1 Å². The smallest absolute Gasteiger partial charge is 0.453 e. The monoisotopic (exact) mass is 464 g/mol. The van der Waals surface area contributed by atoms with Crippen LogP contribution in [0.25, 0.3) is 5.78 Å². The van der Waals surface area contributed by atoms with Gasteiger partial charge in [0.25, 0.3) is 17.5 Å². The summed E-state index contributed by atoms with van der Waals surface area (Å²) in [6.45, 7) is 3.73. The van der Waals surface area contributed by atoms with Gasteiger partial charge in [0.2, 0.25) is 5.91 Å². The zero-order valence-corrected chi connectivity index (χ0v) is 18.3. The van der Waals surface area contributed by atoms with Crippen LogP contribution in [0.1, 0.15) is 39.6 Å². The number of carbonyl (C=O) groups excluding carboxylic acids is 2. The second-order valence-corrected chi connectivity index (χ2v) is 7.24. The molecule has 0 saturated heterocycles. The van der Waals surface area contributed by atoms with E-state index >= 15 is 0 Å². The summed E-state index contributed by atoms with van der Waals surface area (Å²) in [7, 11) is 1.54. The van der Waals surface area contributed by atoms with Crippen molar-refractivity contribution in [3.05, 3.63) is 52.6 Å². The number of hydrogen-bond donors (Lipinski definition) is 2. The van der Waals surface area contributed by atoms with E-state index in [4.69, 9.17) is 4.74 Å². The Balaban J connectivity index is 1.50. The first kappa shape index (κ1) is 24.0. The van der Waals surface area contributed by atoms with E-state index in [0.717, 1.165) is 4.52 Å². The average Bonchev–Trinajstić information content (AvgIpc) is 3.21. The lowest BCUT2D eigenvalue weighted by Crippen LogP contribution is -2.34. The van der Waals surface area contributed by atoms with Crippen molar-refractivity contribution < 1.29 is 27.5 Å². The van der Waals surface area contributed by atoms with Gasteiger partial charge in [0.05, 0.1) is 7.11 Å². The van der Waals surface area contributed by atoms with Gasteiger partial charge in [-0.05, 0) is 50.1 Å². The van der Waals surface area contributed by atoms with Crippen LogP contribution in [0.3, 0.4) is 0 Å². The largest absolute Gasteiger partial charge is 0.497 e. The van der Waals surface area contributed by atoms with Crippen molar-refractivity contribution in [1.82, 2.24) is 30.2 Å². The number of fused-ring (bicyclic) bond motifs is 1. The Hall–Kier alpha value is -3.70. The summed E-state index contributed by atoms with van der Waals surface area (Å²) in [5, 5.41) is 8.90. The van der Waals surface area contributed by atoms with E-state index in [0.29, 0.717) is 28.3 Å². The van der Waals surface area contributed by atoms with Crippen LogP contribution in [0.2, 0.25) is 0 Å². The molecule has 0 aliphatic carbocycles. The molecular weight excluding hydrogens is 441 g/mol. The summed E-state index contributed by atoms with van der Waals surface area (Å²) in [6, 6.07) is 6.62. The van der Waals surface area contributed by atoms with Crippen LogP contribution in [-0.4, -0.2) is 51.6 Å². The van der Waals surface area contributed by atoms with Crippen LogP contribution >= 0.6 is 0 Å². The molecule has 2 aromatic heterocycles. The minimum Gasteiger partial charge on any atom is -0.497 e. The quantitative estimate of drug-likeness (QED) is 0.495. The van der Waals surface area contributed by atoms with Gasteiger partial charge in [-0.1, -0.05) is 0 Å². The normalized spacial score (nSPS) is 11.5. The lowest BCUT2D eigenvalue weighted by molar-refractivity contribution is -0.144. The second kappa shape index (κ2) is 9.84. The fourth-order valence-corrected chi connectivity index (χ4v) is 3.24. The Labute approximate surface area is 187 Å². The third-order valence-corrected chi connectivity index (χ3v) is 4.99. The number of alkyl halides is 3. The molecule has 3 rings (SSSR count). The third-order valence-electron chi connectivity index (χ3n) is 4.99. The Morgan fingerprint density at radius 2 is 1.73 bits per heavy atom. The molecule has 0 fully saturated rings. The number of aryl methyl sites for hydroxylation is 2. The van der Waals surface area contributed by atoms with Gasteiger partial charge in [0.1, 0.15) is 5.75 Å². The van der Waals surface area contributed by atoms with Crippen LogP contribution in [0.5, 0.6) is 5.75 Å². The van der Waals surface area contributed by atoms with E-state index in [1.807, 2.05) is 0 Å². The predicted octanol–water partition coefficient (Wildman–Crippen LogP) is 2.25. The molecule has 2 amide bonds. The lowest BCUT2D eigenvalue weighted by atomic mass is 10.1. The van der Waals surface area contributed by atoms with Crippen molar-refractivity contribution in [3.8, 4) is 5.75 Å². The van der Waals surface area contributed by atoms with Gasteiger partial charge in [-0.2, -0.15) is 18.2 Å². The molecule has 12 heteroatoms. The number of methoxy groups -OCH3 is 1. The number of nitrogens with one attached hydrogen (secondary N) is 2. The topological polar surface area (TPSA) is 111 Å². The Morgan fingerprint density at radius 3 is 2.36 bits per heavy atom. The standard InChI is InChI=1S/C21H23F3N6O3/c1-12-16(13(2)30-20(27-12)28-19(29-30)21(22,23)24)8-9-17(31)25-10-11-26-18(32)14-4-6-15(33-3)7-5-14/h4-7H,8-11H2,1-3H3,(H,25,31)(H,26,32). The molecule has 0 spiro atoms. The molecule has 0 aliphatic rings. The summed E-state index contributed by atoms with van der Waals surface area (Å²) >= 11 is 0. The van der Waals surface area contributed by atoms with Crippen molar-refractivity contribution in [2.45, 2.75) is 32.9 Å². The number of aromatic nitrogens is 4. The molecule has 0 bridgehead atoms. The minimum absolute atomic E-state index is 0.0993. The number of carbonyl (C=O) groups is 2. The molecule has 0 aliphatic heterocycles. The van der Waals surface area contributed by atoms with E-state index < -0.39 is 12.0 Å². The van der Waals surface area contributed by atoms with Crippen molar-refractivity contribution in [2.75, 3.05) is 20.2 Å². The summed E-state index contributed by atoms with van der Waals surface area (Å²) in [4.78, 5) is 31.8. The number of amides is 2. The van der Waals surface area contributed by atoms with E-state index in [-0.39, 0.29) is 43.5 Å². The fourth-order valence-electron chi connectivity index (χ4n) is 3.24. The summed E-state index contributed by atoms with van der Waals surface area (Å²) in [5.74, 6) is -1.30. The van der Waals surface area contributed by atoms with Crippen molar-refractivity contribution in [2.24, 2.45) is 0 Å². The van der Waals surface area contributed by atoms with Crippen LogP contribution in [0.15, 0.2) is 24.3 Å². The zero-order chi connectivity index (χ0) is 24.2. The summed E-state index contributed by atoms with van der Waals surface area (Å²) in [6.07, 6.45) is -4.30. The highest BCUT2D eigenvalue weighted by molar-refractivity contribution is 5.94. The van der Waals surface area contributed by atoms with Gasteiger partial charge in [-0.15, -0.1) is 5.10 Å². The average molecular weight is 464 g/mol. The van der Waals surface area contributed by atoms with Crippen LogP contribution in [-0.2, 0) is 17.4 Å². The molecule has 33 heavy (non-hydrogen) atoms.